The summed E-state index contributed by atoms with van der Waals surface area (Å²) in [7, 11) is 0. The Hall–Kier alpha value is -1.26. The first-order chi connectivity index (χ1) is 9.15. The summed E-state index contributed by atoms with van der Waals surface area (Å²) in [4.78, 5) is 25.3. The average Bonchev–Trinajstić information content (AvgIpc) is 2.79. The van der Waals surface area contributed by atoms with Crippen LogP contribution < -0.4 is 5.32 Å². The van der Waals surface area contributed by atoms with Crippen LogP contribution in [0.25, 0.3) is 0 Å². The maximum atomic E-state index is 12.3. The van der Waals surface area contributed by atoms with Gasteiger partial charge in [0.25, 0.3) is 0 Å². The van der Waals surface area contributed by atoms with Crippen LogP contribution in [0.1, 0.15) is 53.9 Å². The highest BCUT2D eigenvalue weighted by Crippen LogP contribution is 2.37. The zero-order valence-corrected chi connectivity index (χ0v) is 13.3. The van der Waals surface area contributed by atoms with Crippen molar-refractivity contribution in [3.05, 3.63) is 0 Å². The maximum Gasteiger partial charge on any atom is 0.326 e. The molecule has 0 aromatic heterocycles. The molecule has 1 fully saturated rings. The molecule has 1 heterocycles. The normalized spacial score (nSPS) is 19.8. The van der Waals surface area contributed by atoms with E-state index in [1.807, 2.05) is 20.8 Å². The molecule has 1 atom stereocenters. The van der Waals surface area contributed by atoms with Crippen molar-refractivity contribution in [3.63, 3.8) is 0 Å². The van der Waals surface area contributed by atoms with E-state index in [1.165, 1.54) is 0 Å². The Bertz CT molecular complexity index is 370. The van der Waals surface area contributed by atoms with Gasteiger partial charge in [-0.1, -0.05) is 34.6 Å². The number of hydrogen-bond donors (Lipinski definition) is 2. The van der Waals surface area contributed by atoms with E-state index in [4.69, 9.17) is 0 Å². The lowest BCUT2D eigenvalue weighted by Gasteiger charge is -2.31. The minimum atomic E-state index is -0.984. The Kier molecular flexibility index (Phi) is 5.05. The summed E-state index contributed by atoms with van der Waals surface area (Å²) >= 11 is 0. The number of nitrogens with one attached hydrogen (secondary N) is 1. The van der Waals surface area contributed by atoms with E-state index in [9.17, 15) is 14.7 Å². The third-order valence-corrected chi connectivity index (χ3v) is 4.61. The van der Waals surface area contributed by atoms with E-state index in [2.05, 4.69) is 19.2 Å². The third-order valence-electron chi connectivity index (χ3n) is 4.61. The summed E-state index contributed by atoms with van der Waals surface area (Å²) in [6, 6.07) is -1.12. The van der Waals surface area contributed by atoms with Crippen molar-refractivity contribution >= 4 is 12.0 Å². The first-order valence-corrected chi connectivity index (χ1v) is 7.43. The Morgan fingerprint density at radius 1 is 1.30 bits per heavy atom. The van der Waals surface area contributed by atoms with Crippen LogP contribution in [-0.2, 0) is 4.79 Å². The molecular formula is C15H28N2O3. The molecule has 0 bridgehead atoms. The fourth-order valence-corrected chi connectivity index (χ4v) is 2.80. The number of hydrogen-bond acceptors (Lipinski definition) is 2. The van der Waals surface area contributed by atoms with Crippen molar-refractivity contribution in [2.24, 2.45) is 10.8 Å². The highest BCUT2D eigenvalue weighted by atomic mass is 16.4. The molecule has 1 saturated heterocycles. The summed E-state index contributed by atoms with van der Waals surface area (Å²) in [6.45, 7) is 11.2. The largest absolute Gasteiger partial charge is 0.480 e. The van der Waals surface area contributed by atoms with Gasteiger partial charge >= 0.3 is 12.0 Å². The van der Waals surface area contributed by atoms with E-state index >= 15 is 0 Å². The molecule has 0 unspecified atom stereocenters. The zero-order valence-electron chi connectivity index (χ0n) is 13.3. The van der Waals surface area contributed by atoms with E-state index in [0.29, 0.717) is 6.54 Å². The van der Waals surface area contributed by atoms with Crippen molar-refractivity contribution in [1.82, 2.24) is 10.2 Å². The molecule has 2 N–H and O–H groups in total. The molecule has 0 aromatic rings. The average molecular weight is 284 g/mol. The van der Waals surface area contributed by atoms with Gasteiger partial charge in [0, 0.05) is 13.1 Å². The lowest BCUT2D eigenvalue weighted by Crippen LogP contribution is -2.53. The zero-order chi connectivity index (χ0) is 15.6. The molecule has 20 heavy (non-hydrogen) atoms. The van der Waals surface area contributed by atoms with Crippen molar-refractivity contribution < 1.29 is 14.7 Å². The molecule has 1 rings (SSSR count). The molecule has 0 aromatic carbocycles. The number of amides is 2. The van der Waals surface area contributed by atoms with Crippen LogP contribution >= 0.6 is 0 Å². The minimum absolute atomic E-state index is 0.206. The second kappa shape index (κ2) is 6.02. The molecule has 0 spiro atoms. The number of carboxylic acids is 1. The van der Waals surface area contributed by atoms with E-state index in [0.717, 1.165) is 25.8 Å². The lowest BCUT2D eigenvalue weighted by atomic mass is 9.82. The summed E-state index contributed by atoms with van der Waals surface area (Å²) in [5, 5.41) is 11.9. The fraction of sp³-hybridized carbons (Fsp3) is 0.867. The molecule has 0 radical (unpaired) electrons. The van der Waals surface area contributed by atoms with Crippen LogP contribution in [0.3, 0.4) is 0 Å². The Labute approximate surface area is 121 Å². The summed E-state index contributed by atoms with van der Waals surface area (Å²) < 4.78 is 0. The predicted molar refractivity (Wildman–Crippen MR) is 78.6 cm³/mol. The molecular weight excluding hydrogens is 256 g/mol. The molecule has 5 heteroatoms. The van der Waals surface area contributed by atoms with Gasteiger partial charge in [-0.15, -0.1) is 0 Å². The van der Waals surface area contributed by atoms with Gasteiger partial charge in [-0.25, -0.2) is 9.59 Å². The van der Waals surface area contributed by atoms with Crippen LogP contribution in [-0.4, -0.2) is 41.1 Å². The minimum Gasteiger partial charge on any atom is -0.480 e. The van der Waals surface area contributed by atoms with E-state index < -0.39 is 17.4 Å². The summed E-state index contributed by atoms with van der Waals surface area (Å²) in [6.07, 6.45) is 3.10. The van der Waals surface area contributed by atoms with Crippen molar-refractivity contribution in [1.29, 1.82) is 0 Å². The van der Waals surface area contributed by atoms with Crippen molar-refractivity contribution in [3.8, 4) is 0 Å². The smallest absolute Gasteiger partial charge is 0.326 e. The second-order valence-corrected chi connectivity index (χ2v) is 6.97. The van der Waals surface area contributed by atoms with Crippen LogP contribution in [0.4, 0.5) is 4.79 Å². The standard InChI is InChI=1S/C15H28N2O3/c1-6-15(7-2)8-9-17(10-15)13(20)16-11(12(18)19)14(3,4)5/h11H,6-10H2,1-5H3,(H,16,20)(H,18,19)/t11-/m0/s1. The highest BCUT2D eigenvalue weighted by Gasteiger charge is 2.39. The SMILES string of the molecule is CCC1(CC)CCN(C(=O)N[C@@H](C(=O)O)C(C)(C)C)C1. The van der Waals surface area contributed by atoms with Gasteiger partial charge in [-0.05, 0) is 30.1 Å². The molecule has 0 saturated carbocycles. The van der Waals surface area contributed by atoms with Crippen molar-refractivity contribution in [2.45, 2.75) is 59.9 Å². The topological polar surface area (TPSA) is 69.6 Å². The number of likely N-dealkylation sites (tertiary alicyclic amines) is 1. The number of rotatable bonds is 4. The molecule has 1 aliphatic heterocycles. The van der Waals surface area contributed by atoms with Crippen LogP contribution in [0.5, 0.6) is 0 Å². The van der Waals surface area contributed by atoms with Gasteiger partial charge in [0.2, 0.25) is 0 Å². The van der Waals surface area contributed by atoms with Gasteiger partial charge in [-0.2, -0.15) is 0 Å². The number of urea groups is 1. The van der Waals surface area contributed by atoms with Gasteiger partial charge < -0.3 is 15.3 Å². The molecule has 5 nitrogen and oxygen atoms in total. The number of carbonyl (C=O) groups excluding carboxylic acids is 1. The van der Waals surface area contributed by atoms with Gasteiger partial charge in [-0.3, -0.25) is 0 Å². The van der Waals surface area contributed by atoms with Crippen LogP contribution in [0, 0.1) is 10.8 Å². The number of nitrogens with zero attached hydrogens (tertiary/aromatic N) is 1. The lowest BCUT2D eigenvalue weighted by molar-refractivity contribution is -0.142. The Morgan fingerprint density at radius 2 is 1.85 bits per heavy atom. The first kappa shape index (κ1) is 16.8. The number of carboxylic acid groups (broad SMARTS) is 1. The molecule has 1 aliphatic rings. The first-order valence-electron chi connectivity index (χ1n) is 7.43. The molecule has 0 aliphatic carbocycles. The van der Waals surface area contributed by atoms with Crippen LogP contribution in [0.2, 0.25) is 0 Å². The van der Waals surface area contributed by atoms with E-state index in [-0.39, 0.29) is 11.4 Å². The van der Waals surface area contributed by atoms with Gasteiger partial charge in [0.1, 0.15) is 6.04 Å². The van der Waals surface area contributed by atoms with Crippen LogP contribution in [0.15, 0.2) is 0 Å². The highest BCUT2D eigenvalue weighted by molar-refractivity contribution is 5.83. The second-order valence-electron chi connectivity index (χ2n) is 6.97. The predicted octanol–water partition coefficient (Wildman–Crippen LogP) is 2.71. The van der Waals surface area contributed by atoms with Crippen molar-refractivity contribution in [2.75, 3.05) is 13.1 Å². The molecule has 2 amide bonds. The van der Waals surface area contributed by atoms with E-state index in [1.54, 1.807) is 4.90 Å². The summed E-state index contributed by atoms with van der Waals surface area (Å²) in [5.74, 6) is -0.984. The maximum absolute atomic E-state index is 12.3. The third kappa shape index (κ3) is 3.64. The van der Waals surface area contributed by atoms with Gasteiger partial charge in [0.05, 0.1) is 0 Å². The molecule has 116 valence electrons. The fourth-order valence-electron chi connectivity index (χ4n) is 2.80. The number of carbonyl (C=O) groups is 2. The number of aliphatic carboxylic acids is 1. The Morgan fingerprint density at radius 3 is 2.20 bits per heavy atom. The summed E-state index contributed by atoms with van der Waals surface area (Å²) in [5.41, 5.74) is -0.300. The quantitative estimate of drug-likeness (QED) is 0.834. The van der Waals surface area contributed by atoms with Gasteiger partial charge in [0.15, 0.2) is 0 Å². The monoisotopic (exact) mass is 284 g/mol. The Balaban J connectivity index is 2.70.